The van der Waals surface area contributed by atoms with Gasteiger partial charge in [-0.1, -0.05) is 31.5 Å². The lowest BCUT2D eigenvalue weighted by Crippen LogP contribution is -2.44. The highest BCUT2D eigenvalue weighted by molar-refractivity contribution is 6.12. The lowest BCUT2D eigenvalue weighted by molar-refractivity contribution is -0.118. The van der Waals surface area contributed by atoms with Crippen LogP contribution in [-0.2, 0) is 9.53 Å². The third kappa shape index (κ3) is 4.81. The fraction of sp³-hybridized carbons (Fsp3) is 0.500. The summed E-state index contributed by atoms with van der Waals surface area (Å²) >= 11 is 0. The summed E-state index contributed by atoms with van der Waals surface area (Å²) in [5.41, 5.74) is 1.79. The number of fused-ring (bicyclic) bond motifs is 1. The van der Waals surface area contributed by atoms with E-state index in [1.807, 2.05) is 24.3 Å². The third-order valence-electron chi connectivity index (χ3n) is 3.45. The topological polar surface area (TPSA) is 79.8 Å². The molecule has 2 amide bonds. The zero-order chi connectivity index (χ0) is 17.7. The molecule has 0 aliphatic carbocycles. The summed E-state index contributed by atoms with van der Waals surface area (Å²) in [4.78, 5) is 28.9. The minimum Gasteiger partial charge on any atom is -0.444 e. The number of nitrogens with zero attached hydrogens (tertiary/aromatic N) is 1. The van der Waals surface area contributed by atoms with Gasteiger partial charge in [0.1, 0.15) is 5.60 Å². The van der Waals surface area contributed by atoms with Gasteiger partial charge in [-0.05, 0) is 39.7 Å². The fourth-order valence-corrected chi connectivity index (χ4v) is 2.39. The molecule has 24 heavy (non-hydrogen) atoms. The quantitative estimate of drug-likeness (QED) is 0.886. The highest BCUT2D eigenvalue weighted by Gasteiger charge is 2.27. The molecule has 6 nitrogen and oxygen atoms in total. The van der Waals surface area contributed by atoms with E-state index >= 15 is 0 Å². The third-order valence-corrected chi connectivity index (χ3v) is 3.45. The minimum absolute atomic E-state index is 0.375. The van der Waals surface area contributed by atoms with E-state index in [4.69, 9.17) is 4.74 Å². The summed E-state index contributed by atoms with van der Waals surface area (Å²) in [7, 11) is 0. The molecule has 0 radical (unpaired) electrons. The van der Waals surface area contributed by atoms with E-state index in [0.717, 1.165) is 30.5 Å². The van der Waals surface area contributed by atoms with Gasteiger partial charge in [0.15, 0.2) is 0 Å². The number of ether oxygens (including phenoxy) is 1. The largest absolute Gasteiger partial charge is 0.444 e. The summed E-state index contributed by atoms with van der Waals surface area (Å²) in [6.45, 7) is 7.41. The molecule has 0 aromatic heterocycles. The first-order valence-corrected chi connectivity index (χ1v) is 8.26. The van der Waals surface area contributed by atoms with Crippen LogP contribution in [0.3, 0.4) is 0 Å². The Morgan fingerprint density at radius 1 is 1.33 bits per heavy atom. The van der Waals surface area contributed by atoms with Gasteiger partial charge in [-0.25, -0.2) is 4.79 Å². The Bertz CT molecular complexity index is 647. The van der Waals surface area contributed by atoms with Crippen LogP contribution in [0.1, 0.15) is 52.5 Å². The number of alkyl carbamates (subject to hydrolysis) is 1. The molecule has 0 fully saturated rings. The number of hydrogen-bond acceptors (Lipinski definition) is 4. The highest BCUT2D eigenvalue weighted by Crippen LogP contribution is 2.22. The van der Waals surface area contributed by atoms with Crippen LogP contribution >= 0.6 is 0 Å². The Morgan fingerprint density at radius 3 is 2.71 bits per heavy atom. The molecule has 1 aliphatic rings. The second kappa shape index (κ2) is 7.47. The number of nitrogens with one attached hydrogen (secondary N) is 2. The number of carbonyl (C=O) groups is 2. The van der Waals surface area contributed by atoms with E-state index in [-0.39, 0.29) is 5.91 Å². The van der Waals surface area contributed by atoms with Gasteiger partial charge in [-0.3, -0.25) is 15.1 Å². The van der Waals surface area contributed by atoms with Gasteiger partial charge in [0.2, 0.25) is 6.17 Å². The molecule has 1 unspecified atom stereocenters. The van der Waals surface area contributed by atoms with Crippen LogP contribution in [0.25, 0.3) is 0 Å². The number of benzodiazepines with no additional fused rings is 1. The van der Waals surface area contributed by atoms with E-state index in [2.05, 4.69) is 22.5 Å². The van der Waals surface area contributed by atoms with Crippen LogP contribution in [-0.4, -0.2) is 29.5 Å². The monoisotopic (exact) mass is 331 g/mol. The summed E-state index contributed by atoms with van der Waals surface area (Å²) in [5.74, 6) is -0.375. The predicted molar refractivity (Wildman–Crippen MR) is 94.3 cm³/mol. The smallest absolute Gasteiger partial charge is 0.409 e. The van der Waals surface area contributed by atoms with Gasteiger partial charge in [0.25, 0.3) is 5.91 Å². The molecule has 1 heterocycles. The van der Waals surface area contributed by atoms with E-state index in [1.165, 1.54) is 0 Å². The molecule has 0 bridgehead atoms. The zero-order valence-electron chi connectivity index (χ0n) is 14.7. The van der Waals surface area contributed by atoms with Gasteiger partial charge < -0.3 is 10.1 Å². The van der Waals surface area contributed by atoms with Gasteiger partial charge in [-0.15, -0.1) is 0 Å². The maximum atomic E-state index is 12.4. The van der Waals surface area contributed by atoms with Crippen molar-refractivity contribution >= 4 is 23.4 Å². The van der Waals surface area contributed by atoms with Crippen LogP contribution in [0.2, 0.25) is 0 Å². The summed E-state index contributed by atoms with van der Waals surface area (Å²) in [6.07, 6.45) is 1.06. The van der Waals surface area contributed by atoms with Crippen molar-refractivity contribution in [1.29, 1.82) is 0 Å². The maximum Gasteiger partial charge on any atom is 0.409 e. The predicted octanol–water partition coefficient (Wildman–Crippen LogP) is 3.47. The van der Waals surface area contributed by atoms with Gasteiger partial charge in [-0.2, -0.15) is 0 Å². The molecule has 0 saturated carbocycles. The second-order valence-electron chi connectivity index (χ2n) is 6.76. The number of amides is 2. The first-order chi connectivity index (χ1) is 11.3. The molecule has 1 aromatic rings. The van der Waals surface area contributed by atoms with Gasteiger partial charge >= 0.3 is 6.09 Å². The number of anilines is 1. The summed E-state index contributed by atoms with van der Waals surface area (Å²) in [5, 5.41) is 5.37. The first-order valence-electron chi connectivity index (χ1n) is 8.26. The number of benzene rings is 1. The van der Waals surface area contributed by atoms with E-state index in [9.17, 15) is 9.59 Å². The highest BCUT2D eigenvalue weighted by atomic mass is 16.6. The van der Waals surface area contributed by atoms with Gasteiger partial charge in [0, 0.05) is 17.0 Å². The lowest BCUT2D eigenvalue weighted by Gasteiger charge is -2.21. The Balaban J connectivity index is 2.26. The molecule has 1 aromatic carbocycles. The van der Waals surface area contributed by atoms with Crippen molar-refractivity contribution < 1.29 is 14.3 Å². The number of para-hydroxylation sites is 1. The number of carbonyl (C=O) groups excluding carboxylic acids is 2. The Morgan fingerprint density at radius 2 is 2.04 bits per heavy atom. The van der Waals surface area contributed by atoms with E-state index in [0.29, 0.717) is 5.69 Å². The van der Waals surface area contributed by atoms with Crippen molar-refractivity contribution in [2.45, 2.75) is 58.7 Å². The van der Waals surface area contributed by atoms with Crippen molar-refractivity contribution in [1.82, 2.24) is 5.32 Å². The first kappa shape index (κ1) is 18.0. The SMILES string of the molecule is CCCCC1=NC(NC(=O)OC(C)(C)C)C(=O)Nc2ccccc21. The van der Waals surface area contributed by atoms with Crippen molar-refractivity contribution in [2.75, 3.05) is 5.32 Å². The number of rotatable bonds is 4. The van der Waals surface area contributed by atoms with Crippen molar-refractivity contribution in [2.24, 2.45) is 4.99 Å². The molecule has 1 atom stereocenters. The van der Waals surface area contributed by atoms with E-state index in [1.54, 1.807) is 20.8 Å². The minimum atomic E-state index is -1.00. The number of unbranched alkanes of at least 4 members (excludes halogenated alkanes) is 1. The summed E-state index contributed by atoms with van der Waals surface area (Å²) in [6, 6.07) is 7.54. The van der Waals surface area contributed by atoms with Crippen LogP contribution in [0.15, 0.2) is 29.3 Å². The van der Waals surface area contributed by atoms with Crippen LogP contribution in [0, 0.1) is 0 Å². The molecule has 2 N–H and O–H groups in total. The molecule has 0 saturated heterocycles. The number of aliphatic imine (C=N–C) groups is 1. The fourth-order valence-electron chi connectivity index (χ4n) is 2.39. The van der Waals surface area contributed by atoms with Gasteiger partial charge in [0.05, 0.1) is 0 Å². The number of hydrogen-bond donors (Lipinski definition) is 2. The molecule has 1 aliphatic heterocycles. The molecular weight excluding hydrogens is 306 g/mol. The molecule has 2 rings (SSSR count). The average molecular weight is 331 g/mol. The maximum absolute atomic E-state index is 12.4. The Labute approximate surface area is 142 Å². The van der Waals surface area contributed by atoms with Crippen molar-refractivity contribution in [3.8, 4) is 0 Å². The molecule has 0 spiro atoms. The Kier molecular flexibility index (Phi) is 5.59. The second-order valence-corrected chi connectivity index (χ2v) is 6.76. The molecular formula is C18H25N3O3. The normalized spacial score (nSPS) is 17.2. The van der Waals surface area contributed by atoms with Crippen molar-refractivity contribution in [3.63, 3.8) is 0 Å². The Hall–Kier alpha value is -2.37. The average Bonchev–Trinajstić information content (AvgIpc) is 2.61. The summed E-state index contributed by atoms with van der Waals surface area (Å²) < 4.78 is 5.22. The van der Waals surface area contributed by atoms with Crippen molar-refractivity contribution in [3.05, 3.63) is 29.8 Å². The van der Waals surface area contributed by atoms with Crippen LogP contribution in [0.4, 0.5) is 10.5 Å². The molecule has 6 heteroatoms. The zero-order valence-corrected chi connectivity index (χ0v) is 14.7. The van der Waals surface area contributed by atoms with Crippen LogP contribution in [0.5, 0.6) is 0 Å². The standard InChI is InChI=1S/C18H25N3O3/c1-5-6-10-13-12-9-7-8-11-14(12)20-16(22)15(19-13)21-17(23)24-18(2,3)4/h7-9,11,15H,5-6,10H2,1-4H3,(H,20,22)(H,21,23). The lowest BCUT2D eigenvalue weighted by atomic mass is 10.0. The van der Waals surface area contributed by atoms with E-state index < -0.39 is 17.9 Å². The van der Waals surface area contributed by atoms with Crippen LogP contribution < -0.4 is 10.6 Å². The molecule has 130 valence electrons.